The Morgan fingerprint density at radius 1 is 1.47 bits per heavy atom. The van der Waals surface area contributed by atoms with Crippen LogP contribution in [0.15, 0.2) is 11.6 Å². The minimum Gasteiger partial charge on any atom is -0.288 e. The third-order valence-electron chi connectivity index (χ3n) is 3.60. The molecular formula is C13H20N2OS. The number of aromatic nitrogens is 1. The van der Waals surface area contributed by atoms with Crippen molar-refractivity contribution in [2.45, 2.75) is 39.5 Å². The van der Waals surface area contributed by atoms with Crippen LogP contribution in [0, 0.1) is 11.8 Å². The lowest BCUT2D eigenvalue weighted by Gasteiger charge is -2.29. The van der Waals surface area contributed by atoms with Gasteiger partial charge in [-0.05, 0) is 38.5 Å². The summed E-state index contributed by atoms with van der Waals surface area (Å²) in [6, 6.07) is 0. The maximum absolute atomic E-state index is 12.4. The van der Waals surface area contributed by atoms with Crippen molar-refractivity contribution in [3.05, 3.63) is 11.6 Å². The predicted octanol–water partition coefficient (Wildman–Crippen LogP) is 3.32. The highest BCUT2D eigenvalue weighted by atomic mass is 32.1. The number of carbonyl (C=O) groups is 1. The average Bonchev–Trinajstić information content (AvgIpc) is 2.84. The summed E-state index contributed by atoms with van der Waals surface area (Å²) < 4.78 is 0. The minimum absolute atomic E-state index is 0.218. The number of hydrogen-bond acceptors (Lipinski definition) is 3. The number of hydrogen-bond donors (Lipinski definition) is 0. The fraction of sp³-hybridized carbons (Fsp3) is 0.692. The molecule has 3 nitrogen and oxygen atoms in total. The van der Waals surface area contributed by atoms with Gasteiger partial charge in [-0.1, -0.05) is 6.92 Å². The molecule has 1 aromatic rings. The molecule has 2 rings (SSSR count). The highest BCUT2D eigenvalue weighted by molar-refractivity contribution is 7.13. The third-order valence-corrected chi connectivity index (χ3v) is 4.39. The van der Waals surface area contributed by atoms with Crippen LogP contribution in [0.3, 0.4) is 0 Å². The van der Waals surface area contributed by atoms with Gasteiger partial charge in [0.1, 0.15) is 0 Å². The number of thiazole rings is 1. The molecule has 0 aliphatic heterocycles. The summed E-state index contributed by atoms with van der Waals surface area (Å²) in [6.07, 6.45) is 6.22. The maximum atomic E-state index is 12.4. The van der Waals surface area contributed by atoms with E-state index in [-0.39, 0.29) is 11.8 Å². The van der Waals surface area contributed by atoms with Crippen LogP contribution in [-0.2, 0) is 4.79 Å². The molecule has 1 aromatic heterocycles. The Bertz CT molecular complexity index is 356. The van der Waals surface area contributed by atoms with Crippen LogP contribution >= 0.6 is 11.3 Å². The van der Waals surface area contributed by atoms with E-state index in [1.54, 1.807) is 17.5 Å². The molecule has 0 radical (unpaired) electrons. The van der Waals surface area contributed by atoms with Crippen LogP contribution in [0.1, 0.15) is 39.5 Å². The lowest BCUT2D eigenvalue weighted by atomic mass is 9.82. The van der Waals surface area contributed by atoms with E-state index in [0.29, 0.717) is 0 Å². The average molecular weight is 252 g/mol. The Hall–Kier alpha value is -0.900. The molecule has 0 spiro atoms. The normalized spacial score (nSPS) is 24.6. The monoisotopic (exact) mass is 252 g/mol. The molecular weight excluding hydrogens is 232 g/mol. The van der Waals surface area contributed by atoms with Crippen molar-refractivity contribution >= 4 is 22.4 Å². The Kier molecular flexibility index (Phi) is 4.15. The summed E-state index contributed by atoms with van der Waals surface area (Å²) in [6.45, 7) is 5.02. The molecule has 1 aliphatic rings. The van der Waals surface area contributed by atoms with Crippen LogP contribution in [0.2, 0.25) is 0 Å². The van der Waals surface area contributed by atoms with Crippen LogP contribution < -0.4 is 4.90 Å². The second-order valence-corrected chi connectivity index (χ2v) is 5.73. The van der Waals surface area contributed by atoms with Gasteiger partial charge in [0, 0.05) is 24.0 Å². The summed E-state index contributed by atoms with van der Waals surface area (Å²) in [5.41, 5.74) is 0. The standard InChI is InChI=1S/C13H20N2OS/c1-3-15(13-14-8-9-17-13)12(16)11-6-4-10(2)5-7-11/h8-11H,3-7H2,1-2H3. The van der Waals surface area contributed by atoms with Crippen LogP contribution in [-0.4, -0.2) is 17.4 Å². The van der Waals surface area contributed by atoms with E-state index in [0.717, 1.165) is 30.4 Å². The van der Waals surface area contributed by atoms with E-state index < -0.39 is 0 Å². The molecule has 0 bridgehead atoms. The SMILES string of the molecule is CCN(C(=O)C1CCC(C)CC1)c1nccs1. The summed E-state index contributed by atoms with van der Waals surface area (Å²) in [5, 5.41) is 2.77. The maximum Gasteiger partial charge on any atom is 0.231 e. The number of anilines is 1. The highest BCUT2D eigenvalue weighted by Gasteiger charge is 2.28. The molecule has 1 saturated carbocycles. The van der Waals surface area contributed by atoms with Gasteiger partial charge < -0.3 is 0 Å². The first-order valence-corrected chi connectivity index (χ1v) is 7.31. The molecule has 0 atom stereocenters. The van der Waals surface area contributed by atoms with Gasteiger partial charge in [0.25, 0.3) is 0 Å². The van der Waals surface area contributed by atoms with Crippen molar-refractivity contribution in [3.8, 4) is 0 Å². The zero-order chi connectivity index (χ0) is 12.3. The van der Waals surface area contributed by atoms with Crippen molar-refractivity contribution in [1.82, 2.24) is 4.98 Å². The quantitative estimate of drug-likeness (QED) is 0.826. The Labute approximate surface area is 107 Å². The van der Waals surface area contributed by atoms with Gasteiger partial charge in [-0.3, -0.25) is 9.69 Å². The number of amides is 1. The van der Waals surface area contributed by atoms with Gasteiger partial charge >= 0.3 is 0 Å². The first-order valence-electron chi connectivity index (χ1n) is 6.43. The predicted molar refractivity (Wildman–Crippen MR) is 71.3 cm³/mol. The fourth-order valence-electron chi connectivity index (χ4n) is 2.46. The molecule has 1 heterocycles. The van der Waals surface area contributed by atoms with Gasteiger partial charge in [-0.25, -0.2) is 4.98 Å². The van der Waals surface area contributed by atoms with E-state index >= 15 is 0 Å². The number of rotatable bonds is 3. The molecule has 94 valence electrons. The van der Waals surface area contributed by atoms with Gasteiger partial charge in [0.15, 0.2) is 5.13 Å². The van der Waals surface area contributed by atoms with Crippen molar-refractivity contribution in [1.29, 1.82) is 0 Å². The second kappa shape index (κ2) is 5.63. The Morgan fingerprint density at radius 2 is 2.18 bits per heavy atom. The minimum atomic E-state index is 0.218. The number of nitrogens with zero attached hydrogens (tertiary/aromatic N) is 2. The van der Waals surface area contributed by atoms with Crippen LogP contribution in [0.5, 0.6) is 0 Å². The smallest absolute Gasteiger partial charge is 0.231 e. The molecule has 1 fully saturated rings. The lowest BCUT2D eigenvalue weighted by Crippen LogP contribution is -2.37. The first-order chi connectivity index (χ1) is 8.22. The van der Waals surface area contributed by atoms with Crippen molar-refractivity contribution in [3.63, 3.8) is 0 Å². The van der Waals surface area contributed by atoms with Crippen molar-refractivity contribution < 1.29 is 4.79 Å². The zero-order valence-corrected chi connectivity index (χ0v) is 11.4. The molecule has 0 aromatic carbocycles. The van der Waals surface area contributed by atoms with Crippen molar-refractivity contribution in [2.24, 2.45) is 11.8 Å². The molecule has 4 heteroatoms. The van der Waals surface area contributed by atoms with E-state index in [1.165, 1.54) is 12.8 Å². The Balaban J connectivity index is 2.03. The summed E-state index contributed by atoms with van der Waals surface area (Å²) in [5.74, 6) is 1.28. The molecule has 0 N–H and O–H groups in total. The topological polar surface area (TPSA) is 33.2 Å². The summed E-state index contributed by atoms with van der Waals surface area (Å²) >= 11 is 1.54. The number of carbonyl (C=O) groups excluding carboxylic acids is 1. The second-order valence-electron chi connectivity index (χ2n) is 4.85. The third kappa shape index (κ3) is 2.86. The molecule has 17 heavy (non-hydrogen) atoms. The van der Waals surface area contributed by atoms with E-state index in [4.69, 9.17) is 0 Å². The van der Waals surface area contributed by atoms with Crippen LogP contribution in [0.25, 0.3) is 0 Å². The summed E-state index contributed by atoms with van der Waals surface area (Å²) in [4.78, 5) is 18.5. The van der Waals surface area contributed by atoms with Crippen LogP contribution in [0.4, 0.5) is 5.13 Å². The van der Waals surface area contributed by atoms with Gasteiger partial charge in [-0.15, -0.1) is 11.3 Å². The molecule has 1 amide bonds. The van der Waals surface area contributed by atoms with Gasteiger partial charge in [-0.2, -0.15) is 0 Å². The largest absolute Gasteiger partial charge is 0.288 e. The molecule has 1 aliphatic carbocycles. The van der Waals surface area contributed by atoms with E-state index in [1.807, 2.05) is 17.2 Å². The fourth-order valence-corrected chi connectivity index (χ4v) is 3.17. The van der Waals surface area contributed by atoms with Gasteiger partial charge in [0.2, 0.25) is 5.91 Å². The van der Waals surface area contributed by atoms with E-state index in [9.17, 15) is 4.79 Å². The van der Waals surface area contributed by atoms with Crippen molar-refractivity contribution in [2.75, 3.05) is 11.4 Å². The lowest BCUT2D eigenvalue weighted by molar-refractivity contribution is -0.123. The van der Waals surface area contributed by atoms with Gasteiger partial charge in [0.05, 0.1) is 0 Å². The zero-order valence-electron chi connectivity index (χ0n) is 10.6. The van der Waals surface area contributed by atoms with E-state index in [2.05, 4.69) is 11.9 Å². The Morgan fingerprint density at radius 3 is 2.71 bits per heavy atom. The summed E-state index contributed by atoms with van der Waals surface area (Å²) in [7, 11) is 0. The highest BCUT2D eigenvalue weighted by Crippen LogP contribution is 2.31. The molecule has 0 saturated heterocycles. The molecule has 0 unspecified atom stereocenters. The first kappa shape index (κ1) is 12.6.